The Labute approximate surface area is 154 Å². The summed E-state index contributed by atoms with van der Waals surface area (Å²) >= 11 is 0.985. The summed E-state index contributed by atoms with van der Waals surface area (Å²) in [7, 11) is -0.911. The first-order valence-electron chi connectivity index (χ1n) is 7.72. The number of nitrogens with zero attached hydrogens (tertiary/aromatic N) is 1. The monoisotopic (exact) mass is 394 g/mol. The number of hydrogen-bond acceptors (Lipinski definition) is 6. The molecule has 0 bridgehead atoms. The molecule has 0 fully saturated rings. The summed E-state index contributed by atoms with van der Waals surface area (Å²) in [4.78, 5) is 11.5. The van der Waals surface area contributed by atoms with Crippen LogP contribution < -0.4 is 4.72 Å². The predicted molar refractivity (Wildman–Crippen MR) is 98.7 cm³/mol. The van der Waals surface area contributed by atoms with Gasteiger partial charge in [0.2, 0.25) is 10.0 Å². The average Bonchev–Trinajstić information content (AvgIpc) is 3.25. The number of fused-ring (bicyclic) bond motifs is 1. The van der Waals surface area contributed by atoms with Crippen LogP contribution in [0.1, 0.15) is 21.3 Å². The molecular weight excluding hydrogens is 376 g/mol. The number of methoxy groups -OCH3 is 1. The Hall–Kier alpha value is -2.20. The highest BCUT2D eigenvalue weighted by molar-refractivity contribution is 7.89. The van der Waals surface area contributed by atoms with Crippen molar-refractivity contribution in [3.05, 3.63) is 52.3 Å². The van der Waals surface area contributed by atoms with Crippen LogP contribution in [-0.2, 0) is 21.8 Å². The van der Waals surface area contributed by atoms with Gasteiger partial charge in [0, 0.05) is 36.3 Å². The van der Waals surface area contributed by atoms with E-state index < -0.39 is 22.1 Å². The van der Waals surface area contributed by atoms with Crippen molar-refractivity contribution in [3.63, 3.8) is 0 Å². The molecule has 1 atom stereocenters. The number of aliphatic hydroxyl groups excluding tert-OH is 1. The maximum atomic E-state index is 12.5. The molecule has 3 rings (SSSR count). The molecule has 0 radical (unpaired) electrons. The quantitative estimate of drug-likeness (QED) is 0.624. The molecule has 2 N–H and O–H groups in total. The summed E-state index contributed by atoms with van der Waals surface area (Å²) < 4.78 is 33.9. The van der Waals surface area contributed by atoms with E-state index in [4.69, 9.17) is 0 Å². The molecule has 138 valence electrons. The van der Waals surface area contributed by atoms with Crippen molar-refractivity contribution in [2.45, 2.75) is 11.0 Å². The molecule has 0 saturated carbocycles. The molecule has 2 heterocycles. The summed E-state index contributed by atoms with van der Waals surface area (Å²) in [5.41, 5.74) is 1.57. The number of hydrogen-bond donors (Lipinski definition) is 2. The third kappa shape index (κ3) is 3.38. The van der Waals surface area contributed by atoms with Crippen LogP contribution >= 0.6 is 11.3 Å². The number of esters is 1. The highest BCUT2D eigenvalue weighted by Gasteiger charge is 2.26. The van der Waals surface area contributed by atoms with E-state index in [-0.39, 0.29) is 16.3 Å². The van der Waals surface area contributed by atoms with E-state index in [1.165, 1.54) is 18.6 Å². The van der Waals surface area contributed by atoms with Crippen LogP contribution in [0.3, 0.4) is 0 Å². The minimum Gasteiger partial charge on any atom is -0.465 e. The maximum absolute atomic E-state index is 12.5. The molecule has 0 amide bonds. The number of nitrogens with one attached hydrogen (secondary N) is 1. The van der Waals surface area contributed by atoms with E-state index in [2.05, 4.69) is 9.46 Å². The van der Waals surface area contributed by atoms with Crippen LogP contribution in [0.25, 0.3) is 10.9 Å². The Bertz CT molecular complexity index is 1050. The number of aryl methyl sites for hydroxylation is 1. The molecule has 9 heteroatoms. The lowest BCUT2D eigenvalue weighted by atomic mass is 10.1. The molecule has 7 nitrogen and oxygen atoms in total. The summed E-state index contributed by atoms with van der Waals surface area (Å²) in [6.45, 7) is -0.215. The van der Waals surface area contributed by atoms with Crippen molar-refractivity contribution < 1.29 is 23.1 Å². The molecule has 26 heavy (non-hydrogen) atoms. The Kier molecular flexibility index (Phi) is 5.15. The van der Waals surface area contributed by atoms with Crippen LogP contribution in [-0.4, -0.2) is 37.7 Å². The highest BCUT2D eigenvalue weighted by Crippen LogP contribution is 2.27. The molecular formula is C17H18N2O5S2. The van der Waals surface area contributed by atoms with Crippen LogP contribution in [0.2, 0.25) is 0 Å². The van der Waals surface area contributed by atoms with Crippen LogP contribution in [0, 0.1) is 0 Å². The molecule has 0 aliphatic rings. The second-order valence-electron chi connectivity index (χ2n) is 5.69. The zero-order valence-corrected chi connectivity index (χ0v) is 15.8. The second-order valence-corrected chi connectivity index (χ2v) is 8.34. The van der Waals surface area contributed by atoms with Gasteiger partial charge in [-0.15, -0.1) is 11.3 Å². The maximum Gasteiger partial charge on any atom is 0.349 e. The van der Waals surface area contributed by atoms with E-state index in [0.29, 0.717) is 5.56 Å². The SMILES string of the molecule is COC(=O)c1sccc1S(=O)(=O)NCC(O)c1cn(C)c2ccccc12. The first-order chi connectivity index (χ1) is 12.3. The van der Waals surface area contributed by atoms with Crippen molar-refractivity contribution in [1.29, 1.82) is 0 Å². The van der Waals surface area contributed by atoms with Gasteiger partial charge in [-0.05, 0) is 17.5 Å². The van der Waals surface area contributed by atoms with Gasteiger partial charge in [-0.2, -0.15) is 0 Å². The van der Waals surface area contributed by atoms with Crippen LogP contribution in [0.4, 0.5) is 0 Å². The molecule has 1 aromatic carbocycles. The Morgan fingerprint density at radius 1 is 1.35 bits per heavy atom. The van der Waals surface area contributed by atoms with E-state index in [9.17, 15) is 18.3 Å². The van der Waals surface area contributed by atoms with Gasteiger partial charge in [0.25, 0.3) is 0 Å². The lowest BCUT2D eigenvalue weighted by molar-refractivity contribution is 0.0602. The molecule has 3 aromatic rings. The minimum absolute atomic E-state index is 0.000323. The van der Waals surface area contributed by atoms with E-state index in [0.717, 1.165) is 22.2 Å². The number of para-hydroxylation sites is 1. The lowest BCUT2D eigenvalue weighted by Gasteiger charge is -2.12. The highest BCUT2D eigenvalue weighted by atomic mass is 32.2. The first-order valence-corrected chi connectivity index (χ1v) is 10.1. The van der Waals surface area contributed by atoms with Crippen molar-refractivity contribution in [2.75, 3.05) is 13.7 Å². The number of rotatable bonds is 6. The second kappa shape index (κ2) is 7.20. The van der Waals surface area contributed by atoms with E-state index in [1.807, 2.05) is 35.9 Å². The van der Waals surface area contributed by atoms with Gasteiger partial charge in [-0.1, -0.05) is 18.2 Å². The third-order valence-electron chi connectivity index (χ3n) is 4.04. The van der Waals surface area contributed by atoms with Crippen molar-refractivity contribution in [1.82, 2.24) is 9.29 Å². The molecule has 0 aliphatic heterocycles. The Balaban J connectivity index is 1.82. The number of aromatic nitrogens is 1. The van der Waals surface area contributed by atoms with Gasteiger partial charge >= 0.3 is 5.97 Å². The van der Waals surface area contributed by atoms with Gasteiger partial charge in [0.1, 0.15) is 9.77 Å². The van der Waals surface area contributed by atoms with Gasteiger partial charge < -0.3 is 14.4 Å². The third-order valence-corrected chi connectivity index (χ3v) is 6.53. The fourth-order valence-electron chi connectivity index (χ4n) is 2.77. The predicted octanol–water partition coefficient (Wildman–Crippen LogP) is 2.04. The zero-order chi connectivity index (χ0) is 18.9. The summed E-state index contributed by atoms with van der Waals surface area (Å²) in [6.07, 6.45) is 0.741. The lowest BCUT2D eigenvalue weighted by Crippen LogP contribution is -2.29. The number of carbonyl (C=O) groups is 1. The molecule has 0 saturated heterocycles. The standard InChI is InChI=1S/C17H18N2O5S2/c1-19-10-12(11-5-3-4-6-13(11)19)14(20)9-18-26(22,23)15-7-8-25-16(15)17(21)24-2/h3-8,10,14,18,20H,9H2,1-2H3. The summed E-state index contributed by atoms with van der Waals surface area (Å²) in [6, 6.07) is 8.88. The fraction of sp³-hybridized carbons (Fsp3) is 0.235. The van der Waals surface area contributed by atoms with E-state index in [1.54, 1.807) is 6.20 Å². The fourth-order valence-corrected chi connectivity index (χ4v) is 5.14. The minimum atomic E-state index is -3.96. The zero-order valence-electron chi connectivity index (χ0n) is 14.2. The van der Waals surface area contributed by atoms with Crippen molar-refractivity contribution in [3.8, 4) is 0 Å². The van der Waals surface area contributed by atoms with Crippen LogP contribution in [0.15, 0.2) is 46.8 Å². The number of benzene rings is 1. The summed E-state index contributed by atoms with van der Waals surface area (Å²) in [5, 5.41) is 12.8. The first kappa shape index (κ1) is 18.6. The van der Waals surface area contributed by atoms with E-state index >= 15 is 0 Å². The van der Waals surface area contributed by atoms with Gasteiger partial charge in [-0.25, -0.2) is 17.9 Å². The average molecular weight is 394 g/mol. The smallest absolute Gasteiger partial charge is 0.349 e. The number of ether oxygens (including phenoxy) is 1. The largest absolute Gasteiger partial charge is 0.465 e. The molecule has 2 aromatic heterocycles. The summed E-state index contributed by atoms with van der Waals surface area (Å²) in [5.74, 6) is -0.713. The molecule has 1 unspecified atom stereocenters. The normalized spacial score (nSPS) is 13.0. The van der Waals surface area contributed by atoms with Crippen molar-refractivity contribution >= 4 is 38.2 Å². The number of sulfonamides is 1. The van der Waals surface area contributed by atoms with Gasteiger partial charge in [-0.3, -0.25) is 0 Å². The number of carbonyl (C=O) groups excluding carboxylic acids is 1. The molecule has 0 spiro atoms. The number of aliphatic hydroxyl groups is 1. The number of thiophene rings is 1. The molecule has 0 aliphatic carbocycles. The van der Waals surface area contributed by atoms with Crippen molar-refractivity contribution in [2.24, 2.45) is 7.05 Å². The Morgan fingerprint density at radius 3 is 2.81 bits per heavy atom. The van der Waals surface area contributed by atoms with Gasteiger partial charge in [0.05, 0.1) is 13.2 Å². The topological polar surface area (TPSA) is 97.6 Å². The van der Waals surface area contributed by atoms with Crippen LogP contribution in [0.5, 0.6) is 0 Å². The van der Waals surface area contributed by atoms with Gasteiger partial charge in [0.15, 0.2) is 0 Å². The Morgan fingerprint density at radius 2 is 2.08 bits per heavy atom.